The molecule has 5 nitrogen and oxygen atoms in total. The number of amides is 1. The number of hydrogen-bond donors (Lipinski definition) is 1. The van der Waals surface area contributed by atoms with Gasteiger partial charge in [0.05, 0.1) is 5.69 Å². The predicted octanol–water partition coefficient (Wildman–Crippen LogP) is 2.39. The number of carbonyl (C=O) groups excluding carboxylic acids is 1. The second-order valence-electron chi connectivity index (χ2n) is 7.33. The Bertz CT molecular complexity index is 574. The lowest BCUT2D eigenvalue weighted by atomic mass is 10.1. The Kier molecular flexibility index (Phi) is 4.60. The maximum absolute atomic E-state index is 12.5. The van der Waals surface area contributed by atoms with Gasteiger partial charge in [0.2, 0.25) is 0 Å². The summed E-state index contributed by atoms with van der Waals surface area (Å²) in [5.74, 6) is 0. The summed E-state index contributed by atoms with van der Waals surface area (Å²) >= 11 is 0. The Hall–Kier alpha value is -1.59. The third-order valence-corrected chi connectivity index (χ3v) is 4.30. The van der Waals surface area contributed by atoms with Gasteiger partial charge in [0.1, 0.15) is 5.60 Å². The highest BCUT2D eigenvalue weighted by molar-refractivity contribution is 5.91. The monoisotopic (exact) mass is 317 g/mol. The molecule has 1 aromatic carbocycles. The molecule has 1 N–H and O–H groups in total. The highest BCUT2D eigenvalue weighted by Gasteiger charge is 2.31. The highest BCUT2D eigenvalue weighted by Crippen LogP contribution is 2.33. The van der Waals surface area contributed by atoms with Crippen molar-refractivity contribution in [3.8, 4) is 0 Å². The molecular formula is C18H27N3O2. The van der Waals surface area contributed by atoms with Gasteiger partial charge < -0.3 is 10.1 Å². The first kappa shape index (κ1) is 16.3. The Balaban J connectivity index is 1.81. The van der Waals surface area contributed by atoms with Crippen molar-refractivity contribution in [2.75, 3.05) is 37.6 Å². The first-order valence-electron chi connectivity index (χ1n) is 8.48. The average molecular weight is 317 g/mol. The molecule has 1 saturated heterocycles. The van der Waals surface area contributed by atoms with E-state index >= 15 is 0 Å². The summed E-state index contributed by atoms with van der Waals surface area (Å²) < 4.78 is 5.59. The van der Waals surface area contributed by atoms with Crippen molar-refractivity contribution in [1.29, 1.82) is 0 Å². The quantitative estimate of drug-likeness (QED) is 0.910. The van der Waals surface area contributed by atoms with Gasteiger partial charge in [-0.25, -0.2) is 4.79 Å². The minimum atomic E-state index is -0.465. The molecule has 0 spiro atoms. The van der Waals surface area contributed by atoms with E-state index < -0.39 is 5.60 Å². The lowest BCUT2D eigenvalue weighted by Crippen LogP contribution is -2.43. The van der Waals surface area contributed by atoms with Crippen LogP contribution in [0.5, 0.6) is 0 Å². The molecule has 0 aromatic heterocycles. The Labute approximate surface area is 138 Å². The normalized spacial score (nSPS) is 18.8. The summed E-state index contributed by atoms with van der Waals surface area (Å²) in [6.45, 7) is 11.5. The van der Waals surface area contributed by atoms with Crippen molar-refractivity contribution in [1.82, 2.24) is 10.2 Å². The number of nitrogens with zero attached hydrogens (tertiary/aromatic N) is 2. The minimum Gasteiger partial charge on any atom is -0.443 e. The van der Waals surface area contributed by atoms with Gasteiger partial charge in [-0.05, 0) is 38.3 Å². The number of hydrogen-bond acceptors (Lipinski definition) is 4. The second-order valence-corrected chi connectivity index (χ2v) is 7.33. The fourth-order valence-electron chi connectivity index (χ4n) is 3.27. The lowest BCUT2D eigenvalue weighted by Gasteiger charge is -2.30. The SMILES string of the molecule is CC(C)(C)OC(=O)N1CCc2cccc(CN3CCNCC3)c21. The summed E-state index contributed by atoms with van der Waals surface area (Å²) in [7, 11) is 0. The van der Waals surface area contributed by atoms with Crippen LogP contribution in [-0.4, -0.2) is 49.3 Å². The standard InChI is InChI=1S/C18H27N3O2/c1-18(2,3)23-17(22)21-10-7-14-5-4-6-15(16(14)21)13-20-11-8-19-9-12-20/h4-6,19H,7-13H2,1-3H3. The molecule has 2 aliphatic rings. The van der Waals surface area contributed by atoms with Crippen LogP contribution in [0.2, 0.25) is 0 Å². The molecule has 0 aliphatic carbocycles. The van der Waals surface area contributed by atoms with E-state index in [1.165, 1.54) is 11.1 Å². The summed E-state index contributed by atoms with van der Waals surface area (Å²) in [5, 5.41) is 3.38. The largest absolute Gasteiger partial charge is 0.443 e. The van der Waals surface area contributed by atoms with Crippen LogP contribution >= 0.6 is 0 Å². The fraction of sp³-hybridized carbons (Fsp3) is 0.611. The molecule has 5 heteroatoms. The number of ether oxygens (including phenoxy) is 1. The molecule has 0 unspecified atom stereocenters. The lowest BCUT2D eigenvalue weighted by molar-refractivity contribution is 0.0583. The summed E-state index contributed by atoms with van der Waals surface area (Å²) in [4.78, 5) is 16.8. The maximum atomic E-state index is 12.5. The summed E-state index contributed by atoms with van der Waals surface area (Å²) in [5.41, 5.74) is 3.09. The van der Waals surface area contributed by atoms with E-state index in [0.29, 0.717) is 6.54 Å². The van der Waals surface area contributed by atoms with Crippen LogP contribution in [-0.2, 0) is 17.7 Å². The number of anilines is 1. The molecule has 23 heavy (non-hydrogen) atoms. The molecule has 1 aromatic rings. The van der Waals surface area contributed by atoms with Crippen LogP contribution in [0.4, 0.5) is 10.5 Å². The fourth-order valence-corrected chi connectivity index (χ4v) is 3.27. The Morgan fingerprint density at radius 2 is 1.96 bits per heavy atom. The Morgan fingerprint density at radius 1 is 1.22 bits per heavy atom. The number of fused-ring (bicyclic) bond motifs is 1. The van der Waals surface area contributed by atoms with Crippen molar-refractivity contribution in [3.05, 3.63) is 29.3 Å². The zero-order chi connectivity index (χ0) is 16.4. The maximum Gasteiger partial charge on any atom is 0.414 e. The van der Waals surface area contributed by atoms with Crippen molar-refractivity contribution in [2.24, 2.45) is 0 Å². The van der Waals surface area contributed by atoms with Crippen LogP contribution in [0.15, 0.2) is 18.2 Å². The van der Waals surface area contributed by atoms with Gasteiger partial charge in [-0.15, -0.1) is 0 Å². The van der Waals surface area contributed by atoms with Crippen molar-refractivity contribution in [2.45, 2.75) is 39.3 Å². The molecule has 3 rings (SSSR count). The van der Waals surface area contributed by atoms with Gasteiger partial charge >= 0.3 is 6.09 Å². The summed E-state index contributed by atoms with van der Waals surface area (Å²) in [6.07, 6.45) is 0.674. The van der Waals surface area contributed by atoms with E-state index in [1.807, 2.05) is 25.7 Å². The molecule has 0 saturated carbocycles. The number of rotatable bonds is 2. The van der Waals surface area contributed by atoms with Crippen LogP contribution in [0, 0.1) is 0 Å². The zero-order valence-electron chi connectivity index (χ0n) is 14.4. The average Bonchev–Trinajstić information content (AvgIpc) is 2.92. The van der Waals surface area contributed by atoms with Crippen LogP contribution in [0.1, 0.15) is 31.9 Å². The molecule has 2 aliphatic heterocycles. The van der Waals surface area contributed by atoms with Crippen molar-refractivity contribution >= 4 is 11.8 Å². The van der Waals surface area contributed by atoms with Crippen molar-refractivity contribution < 1.29 is 9.53 Å². The van der Waals surface area contributed by atoms with Gasteiger partial charge in [-0.2, -0.15) is 0 Å². The molecule has 1 fully saturated rings. The first-order chi connectivity index (χ1) is 10.9. The van der Waals surface area contributed by atoms with Gasteiger partial charge in [-0.1, -0.05) is 18.2 Å². The van der Waals surface area contributed by atoms with E-state index in [0.717, 1.165) is 44.8 Å². The number of para-hydroxylation sites is 1. The third kappa shape index (κ3) is 3.85. The topological polar surface area (TPSA) is 44.8 Å². The van der Waals surface area contributed by atoms with E-state index in [9.17, 15) is 4.79 Å². The smallest absolute Gasteiger partial charge is 0.414 e. The number of benzene rings is 1. The van der Waals surface area contributed by atoms with E-state index in [2.05, 4.69) is 28.4 Å². The zero-order valence-corrected chi connectivity index (χ0v) is 14.4. The minimum absolute atomic E-state index is 0.232. The number of carbonyl (C=O) groups is 1. The number of nitrogens with one attached hydrogen (secondary N) is 1. The van der Waals surface area contributed by atoms with Gasteiger partial charge in [0.25, 0.3) is 0 Å². The van der Waals surface area contributed by atoms with E-state index in [-0.39, 0.29) is 6.09 Å². The molecular weight excluding hydrogens is 290 g/mol. The third-order valence-electron chi connectivity index (χ3n) is 4.30. The van der Waals surface area contributed by atoms with Crippen molar-refractivity contribution in [3.63, 3.8) is 0 Å². The van der Waals surface area contributed by atoms with Crippen LogP contribution < -0.4 is 10.2 Å². The van der Waals surface area contributed by atoms with Gasteiger partial charge in [-0.3, -0.25) is 9.80 Å². The van der Waals surface area contributed by atoms with Crippen LogP contribution in [0.3, 0.4) is 0 Å². The summed E-state index contributed by atoms with van der Waals surface area (Å²) in [6, 6.07) is 6.37. The predicted molar refractivity (Wildman–Crippen MR) is 91.9 cm³/mol. The van der Waals surface area contributed by atoms with E-state index in [4.69, 9.17) is 4.74 Å². The molecule has 2 heterocycles. The molecule has 126 valence electrons. The second kappa shape index (κ2) is 6.49. The Morgan fingerprint density at radius 3 is 2.65 bits per heavy atom. The van der Waals surface area contributed by atoms with Crippen LogP contribution in [0.25, 0.3) is 0 Å². The van der Waals surface area contributed by atoms with E-state index in [1.54, 1.807) is 0 Å². The van der Waals surface area contributed by atoms with Gasteiger partial charge in [0.15, 0.2) is 0 Å². The molecule has 0 atom stereocenters. The molecule has 0 radical (unpaired) electrons. The first-order valence-corrected chi connectivity index (χ1v) is 8.48. The molecule has 0 bridgehead atoms. The highest BCUT2D eigenvalue weighted by atomic mass is 16.6. The van der Waals surface area contributed by atoms with Gasteiger partial charge in [0, 0.05) is 39.3 Å². The molecule has 1 amide bonds. The number of piperazine rings is 1.